The van der Waals surface area contributed by atoms with E-state index in [1.165, 1.54) is 0 Å². The SMILES string of the molecule is OC[C@@H](O)[C@@H]1OC(c2ccc(Cl)c(Cc3ccc(O[C@@H]4CCOC4)cc3)c2)C(O)[C@H]1O. The standard InChI is InChI=1S/C23H27ClO7/c24-18-6-3-14(22-20(27)21(28)23(31-22)19(26)11-25)10-15(18)9-13-1-4-16(5-2-13)30-17-7-8-29-12-17/h1-6,10,17,19-23,25-28H,7-9,11-12H2/t17-,19-,20?,21-,22?,23+/m1/s1. The van der Waals surface area contributed by atoms with Gasteiger partial charge in [0.25, 0.3) is 0 Å². The van der Waals surface area contributed by atoms with E-state index in [0.717, 1.165) is 29.9 Å². The molecule has 31 heavy (non-hydrogen) atoms. The Bertz CT molecular complexity index is 869. The van der Waals surface area contributed by atoms with Gasteiger partial charge in [-0.2, -0.15) is 0 Å². The lowest BCUT2D eigenvalue weighted by atomic mass is 9.96. The molecule has 7 nitrogen and oxygen atoms in total. The first kappa shape index (κ1) is 22.5. The number of hydrogen-bond acceptors (Lipinski definition) is 7. The molecule has 0 bridgehead atoms. The molecule has 4 rings (SSSR count). The van der Waals surface area contributed by atoms with E-state index < -0.39 is 37.1 Å². The smallest absolute Gasteiger partial charge is 0.124 e. The zero-order valence-electron chi connectivity index (χ0n) is 16.9. The molecule has 8 heteroatoms. The van der Waals surface area contributed by atoms with Crippen LogP contribution in [-0.2, 0) is 15.9 Å². The van der Waals surface area contributed by atoms with Crippen LogP contribution in [0.4, 0.5) is 0 Å². The second-order valence-corrected chi connectivity index (χ2v) is 8.43. The van der Waals surface area contributed by atoms with Crippen LogP contribution in [0.25, 0.3) is 0 Å². The fourth-order valence-electron chi connectivity index (χ4n) is 4.01. The Hall–Kier alpha value is -1.71. The first-order valence-electron chi connectivity index (χ1n) is 10.4. The lowest BCUT2D eigenvalue weighted by Gasteiger charge is -2.19. The van der Waals surface area contributed by atoms with Crippen LogP contribution in [0.5, 0.6) is 5.75 Å². The van der Waals surface area contributed by atoms with Crippen LogP contribution >= 0.6 is 11.6 Å². The van der Waals surface area contributed by atoms with Gasteiger partial charge in [0.15, 0.2) is 0 Å². The highest BCUT2D eigenvalue weighted by molar-refractivity contribution is 6.31. The van der Waals surface area contributed by atoms with Crippen LogP contribution in [0.2, 0.25) is 5.02 Å². The summed E-state index contributed by atoms with van der Waals surface area (Å²) < 4.78 is 16.9. The predicted molar refractivity (Wildman–Crippen MR) is 113 cm³/mol. The van der Waals surface area contributed by atoms with E-state index in [0.29, 0.717) is 23.6 Å². The third kappa shape index (κ3) is 5.04. The molecular formula is C23H27ClO7. The van der Waals surface area contributed by atoms with Crippen LogP contribution in [0.3, 0.4) is 0 Å². The second kappa shape index (κ2) is 9.83. The normalized spacial score (nSPS) is 29.3. The topological polar surface area (TPSA) is 109 Å². The van der Waals surface area contributed by atoms with Gasteiger partial charge in [0.05, 0.1) is 19.8 Å². The fraction of sp³-hybridized carbons (Fsp3) is 0.478. The Labute approximate surface area is 185 Å². The first-order chi connectivity index (χ1) is 15.0. The molecule has 4 N–H and O–H groups in total. The summed E-state index contributed by atoms with van der Waals surface area (Å²) in [4.78, 5) is 0. The van der Waals surface area contributed by atoms with Gasteiger partial charge in [0.2, 0.25) is 0 Å². The van der Waals surface area contributed by atoms with Gasteiger partial charge in [-0.15, -0.1) is 0 Å². The minimum Gasteiger partial charge on any atom is -0.488 e. The molecule has 2 aromatic carbocycles. The number of ether oxygens (including phenoxy) is 3. The lowest BCUT2D eigenvalue weighted by Crippen LogP contribution is -2.40. The van der Waals surface area contributed by atoms with E-state index in [-0.39, 0.29) is 6.10 Å². The summed E-state index contributed by atoms with van der Waals surface area (Å²) in [7, 11) is 0. The van der Waals surface area contributed by atoms with E-state index in [2.05, 4.69) is 0 Å². The zero-order chi connectivity index (χ0) is 22.0. The molecule has 0 amide bonds. The molecule has 2 heterocycles. The predicted octanol–water partition coefficient (Wildman–Crippen LogP) is 1.61. The van der Waals surface area contributed by atoms with Crippen molar-refractivity contribution in [2.24, 2.45) is 0 Å². The van der Waals surface area contributed by atoms with E-state index >= 15 is 0 Å². The molecule has 0 saturated carbocycles. The van der Waals surface area contributed by atoms with Crippen molar-refractivity contribution in [2.75, 3.05) is 19.8 Å². The molecular weight excluding hydrogens is 424 g/mol. The maximum absolute atomic E-state index is 10.4. The quantitative estimate of drug-likeness (QED) is 0.507. The molecule has 6 atom stereocenters. The highest BCUT2D eigenvalue weighted by atomic mass is 35.5. The third-order valence-electron chi connectivity index (χ3n) is 5.77. The molecule has 2 unspecified atom stereocenters. The summed E-state index contributed by atoms with van der Waals surface area (Å²) in [6.45, 7) is 0.776. The van der Waals surface area contributed by atoms with Crippen LogP contribution in [0.1, 0.15) is 29.2 Å². The Kier molecular flexibility index (Phi) is 7.13. The Morgan fingerprint density at radius 2 is 1.87 bits per heavy atom. The molecule has 0 aromatic heterocycles. The fourth-order valence-corrected chi connectivity index (χ4v) is 4.20. The molecule has 2 aromatic rings. The number of halogens is 1. The molecule has 2 saturated heterocycles. The number of aliphatic hydroxyl groups excluding tert-OH is 4. The lowest BCUT2D eigenvalue weighted by molar-refractivity contribution is -0.0820. The third-order valence-corrected chi connectivity index (χ3v) is 6.14. The molecule has 0 spiro atoms. The van der Waals surface area contributed by atoms with Gasteiger partial charge in [0, 0.05) is 11.4 Å². The zero-order valence-corrected chi connectivity index (χ0v) is 17.7. The van der Waals surface area contributed by atoms with Gasteiger partial charge in [-0.3, -0.25) is 0 Å². The largest absolute Gasteiger partial charge is 0.488 e. The Morgan fingerprint density at radius 3 is 2.55 bits per heavy atom. The van der Waals surface area contributed by atoms with Crippen LogP contribution in [0, 0.1) is 0 Å². The van der Waals surface area contributed by atoms with Gasteiger partial charge in [0.1, 0.15) is 42.4 Å². The summed E-state index contributed by atoms with van der Waals surface area (Å²) >= 11 is 6.40. The Balaban J connectivity index is 1.47. The van der Waals surface area contributed by atoms with Crippen molar-refractivity contribution in [2.45, 2.75) is 49.5 Å². The van der Waals surface area contributed by atoms with Gasteiger partial charge in [-0.05, 0) is 41.3 Å². The van der Waals surface area contributed by atoms with Crippen molar-refractivity contribution in [1.82, 2.24) is 0 Å². The average molecular weight is 451 g/mol. The van der Waals surface area contributed by atoms with Gasteiger partial charge in [-0.1, -0.05) is 35.9 Å². The summed E-state index contributed by atoms with van der Waals surface area (Å²) in [5.41, 5.74) is 2.52. The Morgan fingerprint density at radius 1 is 1.10 bits per heavy atom. The van der Waals surface area contributed by atoms with Crippen molar-refractivity contribution < 1.29 is 34.6 Å². The van der Waals surface area contributed by atoms with Crippen LogP contribution < -0.4 is 4.74 Å². The van der Waals surface area contributed by atoms with Gasteiger partial charge < -0.3 is 34.6 Å². The van der Waals surface area contributed by atoms with Crippen molar-refractivity contribution in [3.63, 3.8) is 0 Å². The molecule has 168 valence electrons. The van der Waals surface area contributed by atoms with Crippen molar-refractivity contribution in [3.05, 3.63) is 64.2 Å². The van der Waals surface area contributed by atoms with E-state index in [1.807, 2.05) is 30.3 Å². The van der Waals surface area contributed by atoms with Gasteiger partial charge >= 0.3 is 0 Å². The van der Waals surface area contributed by atoms with Crippen molar-refractivity contribution in [1.29, 1.82) is 0 Å². The van der Waals surface area contributed by atoms with Gasteiger partial charge in [-0.25, -0.2) is 0 Å². The summed E-state index contributed by atoms with van der Waals surface area (Å²) in [6, 6.07) is 13.1. The summed E-state index contributed by atoms with van der Waals surface area (Å²) in [5.74, 6) is 0.795. The second-order valence-electron chi connectivity index (χ2n) is 8.03. The minimum atomic E-state index is -1.30. The maximum atomic E-state index is 10.4. The summed E-state index contributed by atoms with van der Waals surface area (Å²) in [5, 5.41) is 40.1. The van der Waals surface area contributed by atoms with Crippen LogP contribution in [0.15, 0.2) is 42.5 Å². The highest BCUT2D eigenvalue weighted by Gasteiger charge is 2.46. The van der Waals surface area contributed by atoms with Crippen molar-refractivity contribution in [3.8, 4) is 5.75 Å². The van der Waals surface area contributed by atoms with Crippen LogP contribution in [-0.4, -0.2) is 70.8 Å². The summed E-state index contributed by atoms with van der Waals surface area (Å²) in [6.07, 6.45) is -4.15. The average Bonchev–Trinajstić information content (AvgIpc) is 3.39. The number of rotatable bonds is 7. The number of aliphatic hydroxyl groups is 4. The van der Waals surface area contributed by atoms with E-state index in [9.17, 15) is 15.3 Å². The molecule has 0 aliphatic carbocycles. The first-order valence-corrected chi connectivity index (χ1v) is 10.8. The maximum Gasteiger partial charge on any atom is 0.124 e. The number of benzene rings is 2. The molecule has 0 radical (unpaired) electrons. The highest BCUT2D eigenvalue weighted by Crippen LogP contribution is 2.36. The number of hydrogen-bond donors (Lipinski definition) is 4. The monoisotopic (exact) mass is 450 g/mol. The molecule has 2 fully saturated rings. The molecule has 2 aliphatic heterocycles. The van der Waals surface area contributed by atoms with E-state index in [1.54, 1.807) is 12.1 Å². The molecule has 2 aliphatic rings. The van der Waals surface area contributed by atoms with Crippen molar-refractivity contribution >= 4 is 11.6 Å². The minimum absolute atomic E-state index is 0.0957. The van der Waals surface area contributed by atoms with E-state index in [4.69, 9.17) is 30.9 Å².